The Labute approximate surface area is 174 Å². The Kier molecular flexibility index (Phi) is 5.52. The van der Waals surface area contributed by atoms with E-state index in [1.165, 1.54) is 6.08 Å². The van der Waals surface area contributed by atoms with Crippen molar-refractivity contribution < 1.29 is 9.53 Å². The summed E-state index contributed by atoms with van der Waals surface area (Å²) in [5.74, 6) is 0.724. The third kappa shape index (κ3) is 4.20. The molecular weight excluding hydrogens is 378 g/mol. The maximum atomic E-state index is 12.3. The zero-order chi connectivity index (χ0) is 20.9. The van der Waals surface area contributed by atoms with Gasteiger partial charge in [-0.2, -0.15) is 0 Å². The van der Waals surface area contributed by atoms with E-state index in [1.54, 1.807) is 18.3 Å². The van der Waals surface area contributed by atoms with Crippen LogP contribution in [0.15, 0.2) is 67.0 Å². The Morgan fingerprint density at radius 3 is 2.77 bits per heavy atom. The summed E-state index contributed by atoms with van der Waals surface area (Å²) < 4.78 is 7.38. The number of nitrogens with zero attached hydrogens (tertiary/aromatic N) is 4. The van der Waals surface area contributed by atoms with Gasteiger partial charge in [-0.05, 0) is 55.8 Å². The molecule has 4 rings (SSSR count). The monoisotopic (exact) mass is 399 g/mol. The number of hydrogen-bond acceptors (Lipinski definition) is 5. The second-order valence-corrected chi connectivity index (χ2v) is 6.56. The first kappa shape index (κ1) is 19.3. The van der Waals surface area contributed by atoms with Gasteiger partial charge in [-0.15, -0.1) is 0 Å². The van der Waals surface area contributed by atoms with Crippen molar-refractivity contribution in [3.8, 4) is 17.1 Å². The number of benzene rings is 1. The van der Waals surface area contributed by atoms with Crippen LogP contribution in [-0.2, 0) is 4.79 Å². The largest absolute Gasteiger partial charge is 0.494 e. The molecule has 0 spiro atoms. The molecule has 0 radical (unpaired) electrons. The first-order valence-electron chi connectivity index (χ1n) is 9.63. The van der Waals surface area contributed by atoms with E-state index in [0.717, 1.165) is 28.3 Å². The summed E-state index contributed by atoms with van der Waals surface area (Å²) in [5.41, 5.74) is 4.14. The number of carbonyl (C=O) groups is 1. The van der Waals surface area contributed by atoms with E-state index in [4.69, 9.17) is 4.74 Å². The lowest BCUT2D eigenvalue weighted by molar-refractivity contribution is -0.111. The van der Waals surface area contributed by atoms with Crippen LogP contribution in [0.4, 0.5) is 5.95 Å². The molecule has 3 aromatic heterocycles. The molecule has 0 aliphatic rings. The average molecular weight is 399 g/mol. The second-order valence-electron chi connectivity index (χ2n) is 6.56. The van der Waals surface area contributed by atoms with Crippen LogP contribution in [0.5, 0.6) is 5.75 Å². The molecule has 0 atom stereocenters. The van der Waals surface area contributed by atoms with Gasteiger partial charge in [-0.1, -0.05) is 18.2 Å². The van der Waals surface area contributed by atoms with Gasteiger partial charge < -0.3 is 4.74 Å². The molecule has 0 saturated carbocycles. The van der Waals surface area contributed by atoms with Crippen molar-refractivity contribution in [2.75, 3.05) is 11.9 Å². The van der Waals surface area contributed by atoms with Gasteiger partial charge in [0.15, 0.2) is 0 Å². The molecular formula is C23H21N5O2. The third-order valence-electron chi connectivity index (χ3n) is 4.46. The summed E-state index contributed by atoms with van der Waals surface area (Å²) >= 11 is 0. The minimum Gasteiger partial charge on any atom is -0.494 e. The zero-order valence-electron chi connectivity index (χ0n) is 16.7. The average Bonchev–Trinajstić information content (AvgIpc) is 3.09. The van der Waals surface area contributed by atoms with Gasteiger partial charge in [-0.25, -0.2) is 15.0 Å². The van der Waals surface area contributed by atoms with E-state index in [-0.39, 0.29) is 11.9 Å². The lowest BCUT2D eigenvalue weighted by Gasteiger charge is -2.05. The predicted octanol–water partition coefficient (Wildman–Crippen LogP) is 4.15. The highest BCUT2D eigenvalue weighted by Crippen LogP contribution is 2.23. The third-order valence-corrected chi connectivity index (χ3v) is 4.46. The van der Waals surface area contributed by atoms with Crippen LogP contribution in [0.25, 0.3) is 23.1 Å². The lowest BCUT2D eigenvalue weighted by Crippen LogP contribution is -2.11. The Balaban J connectivity index is 1.50. The van der Waals surface area contributed by atoms with Gasteiger partial charge in [0.1, 0.15) is 11.4 Å². The normalized spacial score (nSPS) is 11.1. The predicted molar refractivity (Wildman–Crippen MR) is 116 cm³/mol. The van der Waals surface area contributed by atoms with Crippen molar-refractivity contribution in [1.29, 1.82) is 0 Å². The van der Waals surface area contributed by atoms with Crippen LogP contribution in [0.1, 0.15) is 18.2 Å². The molecule has 1 N–H and O–H groups in total. The molecule has 0 unspecified atom stereocenters. The minimum absolute atomic E-state index is 0.235. The number of rotatable bonds is 6. The molecule has 4 aromatic rings. The topological polar surface area (TPSA) is 81.4 Å². The van der Waals surface area contributed by atoms with Crippen LogP contribution < -0.4 is 10.1 Å². The van der Waals surface area contributed by atoms with Crippen LogP contribution in [0, 0.1) is 6.92 Å². The van der Waals surface area contributed by atoms with Crippen molar-refractivity contribution in [3.63, 3.8) is 0 Å². The number of fused-ring (bicyclic) bond motifs is 1. The lowest BCUT2D eigenvalue weighted by atomic mass is 10.2. The molecule has 150 valence electrons. The molecule has 1 aromatic carbocycles. The van der Waals surface area contributed by atoms with E-state index in [2.05, 4.69) is 20.3 Å². The molecule has 0 aliphatic heterocycles. The van der Waals surface area contributed by atoms with Gasteiger partial charge in [0.2, 0.25) is 5.95 Å². The molecule has 7 nitrogen and oxygen atoms in total. The number of nitrogens with one attached hydrogen (secondary N) is 1. The van der Waals surface area contributed by atoms with Gasteiger partial charge in [0, 0.05) is 18.5 Å². The number of ether oxygens (including phenoxy) is 1. The highest BCUT2D eigenvalue weighted by atomic mass is 16.5. The number of aryl methyl sites for hydroxylation is 1. The van der Waals surface area contributed by atoms with Crippen LogP contribution >= 0.6 is 0 Å². The van der Waals surface area contributed by atoms with Crippen LogP contribution in [0.2, 0.25) is 0 Å². The maximum Gasteiger partial charge on any atom is 0.250 e. The molecule has 0 bridgehead atoms. The number of carbonyl (C=O) groups excluding carboxylic acids is 1. The van der Waals surface area contributed by atoms with E-state index >= 15 is 0 Å². The molecule has 0 fully saturated rings. The molecule has 1 amide bonds. The fourth-order valence-corrected chi connectivity index (χ4v) is 3.14. The summed E-state index contributed by atoms with van der Waals surface area (Å²) in [6, 6.07) is 15.1. The molecule has 3 heterocycles. The Bertz CT molecular complexity index is 1210. The number of imidazole rings is 1. The van der Waals surface area contributed by atoms with Gasteiger partial charge in [0.25, 0.3) is 5.91 Å². The van der Waals surface area contributed by atoms with Gasteiger partial charge in [0.05, 0.1) is 23.7 Å². The van der Waals surface area contributed by atoms with Crippen LogP contribution in [-0.4, -0.2) is 31.9 Å². The number of aromatic nitrogens is 4. The maximum absolute atomic E-state index is 12.3. The van der Waals surface area contributed by atoms with Crippen molar-refractivity contribution in [1.82, 2.24) is 19.4 Å². The first-order valence-corrected chi connectivity index (χ1v) is 9.63. The van der Waals surface area contributed by atoms with Crippen LogP contribution in [0.3, 0.4) is 0 Å². The smallest absolute Gasteiger partial charge is 0.250 e. The summed E-state index contributed by atoms with van der Waals surface area (Å²) in [6.45, 7) is 4.49. The number of anilines is 1. The van der Waals surface area contributed by atoms with Crippen molar-refractivity contribution in [2.45, 2.75) is 13.8 Å². The summed E-state index contributed by atoms with van der Waals surface area (Å²) in [7, 11) is 0. The van der Waals surface area contributed by atoms with Crippen molar-refractivity contribution in [3.05, 3.63) is 78.3 Å². The van der Waals surface area contributed by atoms with Crippen molar-refractivity contribution in [2.24, 2.45) is 0 Å². The van der Waals surface area contributed by atoms with Gasteiger partial charge in [-0.3, -0.25) is 14.5 Å². The standard InChI is InChI=1S/C23H21N5O2/c1-3-30-18-10-7-17(8-11-18)9-12-21(29)27-23-24-14-13-19(26-23)22-16(2)25-20-6-4-5-15-28(20)22/h4-15H,3H2,1-2H3,(H,24,26,27,29)/b12-9+. The molecule has 0 saturated heterocycles. The number of pyridine rings is 1. The minimum atomic E-state index is -0.309. The van der Waals surface area contributed by atoms with Gasteiger partial charge >= 0.3 is 0 Å². The Morgan fingerprint density at radius 1 is 1.13 bits per heavy atom. The second kappa shape index (κ2) is 8.57. The zero-order valence-corrected chi connectivity index (χ0v) is 16.7. The number of amides is 1. The fourth-order valence-electron chi connectivity index (χ4n) is 3.14. The van der Waals surface area contributed by atoms with E-state index in [1.807, 2.05) is 66.9 Å². The molecule has 30 heavy (non-hydrogen) atoms. The summed E-state index contributed by atoms with van der Waals surface area (Å²) in [6.07, 6.45) is 6.73. The summed E-state index contributed by atoms with van der Waals surface area (Å²) in [5, 5.41) is 2.71. The van der Waals surface area contributed by atoms with E-state index < -0.39 is 0 Å². The fraction of sp³-hybridized carbons (Fsp3) is 0.130. The number of hydrogen-bond donors (Lipinski definition) is 1. The SMILES string of the molecule is CCOc1ccc(/C=C/C(=O)Nc2nccc(-c3c(C)nc4ccccn34)n2)cc1. The Morgan fingerprint density at radius 2 is 1.97 bits per heavy atom. The highest BCUT2D eigenvalue weighted by molar-refractivity contribution is 6.01. The quantitative estimate of drug-likeness (QED) is 0.493. The summed E-state index contributed by atoms with van der Waals surface area (Å²) in [4.78, 5) is 25.5. The van der Waals surface area contributed by atoms with E-state index in [0.29, 0.717) is 12.3 Å². The van der Waals surface area contributed by atoms with Crippen molar-refractivity contribution >= 4 is 23.6 Å². The Hall–Kier alpha value is -4.00. The molecule has 0 aliphatic carbocycles. The highest BCUT2D eigenvalue weighted by Gasteiger charge is 2.13. The molecule has 7 heteroatoms. The first-order chi connectivity index (χ1) is 14.6. The van der Waals surface area contributed by atoms with E-state index in [9.17, 15) is 4.79 Å².